The molecule has 2 unspecified atom stereocenters. The lowest BCUT2D eigenvalue weighted by Gasteiger charge is -2.26. The predicted molar refractivity (Wildman–Crippen MR) is 52.6 cm³/mol. The minimum atomic E-state index is -0.0973. The lowest BCUT2D eigenvalue weighted by atomic mass is 10.2. The zero-order valence-corrected chi connectivity index (χ0v) is 8.22. The quantitative estimate of drug-likeness (QED) is 0.625. The first-order valence-electron chi connectivity index (χ1n) is 4.16. The van der Waals surface area contributed by atoms with Gasteiger partial charge in [-0.05, 0) is 11.8 Å². The van der Waals surface area contributed by atoms with Gasteiger partial charge in [0.1, 0.15) is 0 Å². The first-order valence-corrected chi connectivity index (χ1v) is 5.21. The second kappa shape index (κ2) is 4.55. The Kier molecular flexibility index (Phi) is 3.66. The fraction of sp³-hybridized carbons (Fsp3) is 0.556. The van der Waals surface area contributed by atoms with Gasteiger partial charge < -0.3 is 0 Å². The van der Waals surface area contributed by atoms with Crippen molar-refractivity contribution in [3.8, 4) is 0 Å². The molecule has 0 aromatic heterocycles. The van der Waals surface area contributed by atoms with E-state index in [4.69, 9.17) is 0 Å². The predicted octanol–water partition coefficient (Wildman–Crippen LogP) is 2.77. The maximum absolute atomic E-state index is 13.1. The summed E-state index contributed by atoms with van der Waals surface area (Å²) in [5.41, 5.74) is 0. The Bertz CT molecular complexity index is 191. The second-order valence-electron chi connectivity index (χ2n) is 2.72. The molecule has 2 atom stereocenters. The monoisotopic (exact) mass is 187 g/mol. The summed E-state index contributed by atoms with van der Waals surface area (Å²) in [6.07, 6.45) is 6.97. The van der Waals surface area contributed by atoms with Crippen molar-refractivity contribution < 1.29 is 4.48 Å². The van der Waals surface area contributed by atoms with E-state index in [1.54, 1.807) is 17.8 Å². The van der Waals surface area contributed by atoms with Crippen LogP contribution in [0, 0.1) is 0 Å². The molecule has 0 fully saturated rings. The van der Waals surface area contributed by atoms with Crippen molar-refractivity contribution in [1.82, 2.24) is 5.12 Å². The first-order chi connectivity index (χ1) is 5.75. The van der Waals surface area contributed by atoms with Crippen LogP contribution >= 0.6 is 11.8 Å². The smallest absolute Gasteiger partial charge is 0.0907 e. The average molecular weight is 187 g/mol. The molecule has 0 aromatic carbocycles. The van der Waals surface area contributed by atoms with Crippen molar-refractivity contribution in [1.29, 1.82) is 0 Å². The van der Waals surface area contributed by atoms with Crippen molar-refractivity contribution in [2.24, 2.45) is 0 Å². The van der Waals surface area contributed by atoms with Gasteiger partial charge in [0.05, 0.1) is 6.04 Å². The van der Waals surface area contributed by atoms with Gasteiger partial charge in [-0.15, -0.1) is 0 Å². The van der Waals surface area contributed by atoms with Crippen LogP contribution in [0.15, 0.2) is 24.4 Å². The van der Waals surface area contributed by atoms with E-state index in [1.807, 2.05) is 12.2 Å². The van der Waals surface area contributed by atoms with Crippen LogP contribution < -0.4 is 0 Å². The SMILES string of the molecule is CCSC(C)C1C=CC=CN1F. The number of halogens is 1. The lowest BCUT2D eigenvalue weighted by molar-refractivity contribution is 0.0564. The molecule has 0 aliphatic carbocycles. The number of hydrogen-bond donors (Lipinski definition) is 0. The Morgan fingerprint density at radius 1 is 1.58 bits per heavy atom. The summed E-state index contributed by atoms with van der Waals surface area (Å²) in [4.78, 5) is 0. The van der Waals surface area contributed by atoms with Crippen molar-refractivity contribution in [3.05, 3.63) is 24.4 Å². The molecule has 1 aliphatic rings. The van der Waals surface area contributed by atoms with Gasteiger partial charge in [0.2, 0.25) is 0 Å². The molecule has 68 valence electrons. The van der Waals surface area contributed by atoms with Crippen LogP contribution in [-0.2, 0) is 0 Å². The van der Waals surface area contributed by atoms with Crippen LogP contribution in [0.3, 0.4) is 0 Å². The normalized spacial score (nSPS) is 24.6. The summed E-state index contributed by atoms with van der Waals surface area (Å²) in [7, 11) is 0. The molecular weight excluding hydrogens is 173 g/mol. The topological polar surface area (TPSA) is 3.24 Å². The maximum atomic E-state index is 13.1. The molecule has 1 aliphatic heterocycles. The minimum Gasteiger partial charge on any atom is -0.211 e. The van der Waals surface area contributed by atoms with Crippen LogP contribution in [-0.4, -0.2) is 22.2 Å². The van der Waals surface area contributed by atoms with Gasteiger partial charge in [0.25, 0.3) is 0 Å². The molecule has 0 saturated carbocycles. The van der Waals surface area contributed by atoms with E-state index in [1.165, 1.54) is 6.20 Å². The number of hydrogen-bond acceptors (Lipinski definition) is 2. The molecule has 1 nitrogen and oxygen atoms in total. The number of nitrogens with zero attached hydrogens (tertiary/aromatic N) is 1. The van der Waals surface area contributed by atoms with Crippen LogP contribution in [0.2, 0.25) is 0 Å². The van der Waals surface area contributed by atoms with Crippen molar-refractivity contribution in [2.45, 2.75) is 25.1 Å². The molecule has 3 heteroatoms. The van der Waals surface area contributed by atoms with Crippen molar-refractivity contribution >= 4 is 11.8 Å². The summed E-state index contributed by atoms with van der Waals surface area (Å²) in [6, 6.07) is -0.0973. The lowest BCUT2D eigenvalue weighted by Crippen LogP contribution is -2.31. The van der Waals surface area contributed by atoms with E-state index in [0.29, 0.717) is 5.25 Å². The Hall–Kier alpha value is -0.440. The van der Waals surface area contributed by atoms with Gasteiger partial charge in [0.15, 0.2) is 0 Å². The molecule has 0 saturated heterocycles. The first kappa shape index (κ1) is 9.65. The van der Waals surface area contributed by atoms with Gasteiger partial charge in [0, 0.05) is 11.4 Å². The Labute approximate surface area is 77.3 Å². The molecule has 0 amide bonds. The van der Waals surface area contributed by atoms with Gasteiger partial charge >= 0.3 is 0 Å². The Morgan fingerprint density at radius 2 is 2.33 bits per heavy atom. The molecule has 0 spiro atoms. The summed E-state index contributed by atoms with van der Waals surface area (Å²) in [5, 5.41) is 1.08. The molecule has 0 aromatic rings. The minimum absolute atomic E-state index is 0.0973. The third-order valence-corrected chi connectivity index (χ3v) is 2.98. The molecule has 0 radical (unpaired) electrons. The molecule has 1 rings (SSSR count). The van der Waals surface area contributed by atoms with E-state index in [2.05, 4.69) is 13.8 Å². The van der Waals surface area contributed by atoms with Gasteiger partial charge in [-0.2, -0.15) is 11.8 Å². The highest BCUT2D eigenvalue weighted by molar-refractivity contribution is 7.99. The summed E-state index contributed by atoms with van der Waals surface area (Å²) < 4.78 is 13.1. The van der Waals surface area contributed by atoms with E-state index >= 15 is 0 Å². The second-order valence-corrected chi connectivity index (χ2v) is 4.38. The third kappa shape index (κ3) is 2.27. The van der Waals surface area contributed by atoms with Gasteiger partial charge in [-0.1, -0.05) is 30.5 Å². The molecule has 0 bridgehead atoms. The highest BCUT2D eigenvalue weighted by atomic mass is 32.2. The van der Waals surface area contributed by atoms with Crippen LogP contribution in [0.5, 0.6) is 0 Å². The maximum Gasteiger partial charge on any atom is 0.0907 e. The van der Waals surface area contributed by atoms with E-state index in [-0.39, 0.29) is 6.04 Å². The summed E-state index contributed by atoms with van der Waals surface area (Å²) >= 11 is 1.77. The fourth-order valence-electron chi connectivity index (χ4n) is 1.21. The zero-order valence-electron chi connectivity index (χ0n) is 7.40. The molecular formula is C9H14FNS. The Balaban J connectivity index is 2.50. The third-order valence-electron chi connectivity index (χ3n) is 1.84. The van der Waals surface area contributed by atoms with E-state index in [0.717, 1.165) is 10.9 Å². The molecule has 1 heterocycles. The average Bonchev–Trinajstić information content (AvgIpc) is 2.05. The summed E-state index contributed by atoms with van der Waals surface area (Å²) in [6.45, 7) is 4.14. The van der Waals surface area contributed by atoms with E-state index in [9.17, 15) is 4.48 Å². The van der Waals surface area contributed by atoms with Crippen LogP contribution in [0.4, 0.5) is 4.48 Å². The van der Waals surface area contributed by atoms with Crippen LogP contribution in [0.1, 0.15) is 13.8 Å². The Morgan fingerprint density at radius 3 is 2.92 bits per heavy atom. The number of allylic oxidation sites excluding steroid dienone is 2. The van der Waals surface area contributed by atoms with Crippen molar-refractivity contribution in [3.63, 3.8) is 0 Å². The molecule has 0 N–H and O–H groups in total. The largest absolute Gasteiger partial charge is 0.211 e. The summed E-state index contributed by atoms with van der Waals surface area (Å²) in [5.74, 6) is 1.03. The van der Waals surface area contributed by atoms with Crippen LogP contribution in [0.25, 0.3) is 0 Å². The number of rotatable bonds is 3. The highest BCUT2D eigenvalue weighted by Crippen LogP contribution is 2.22. The fourth-order valence-corrected chi connectivity index (χ4v) is 2.14. The van der Waals surface area contributed by atoms with E-state index < -0.39 is 0 Å². The van der Waals surface area contributed by atoms with Gasteiger partial charge in [-0.25, -0.2) is 5.12 Å². The van der Waals surface area contributed by atoms with Crippen molar-refractivity contribution in [2.75, 3.05) is 5.75 Å². The van der Waals surface area contributed by atoms with Gasteiger partial charge in [-0.3, -0.25) is 0 Å². The highest BCUT2D eigenvalue weighted by Gasteiger charge is 2.20. The molecule has 12 heavy (non-hydrogen) atoms. The zero-order chi connectivity index (χ0) is 8.97. The standard InChI is InChI=1S/C9H14FNS/c1-3-12-8(2)9-6-4-5-7-11(9)10/h4-9H,3H2,1-2H3. The number of thioether (sulfide) groups is 1.